The summed E-state index contributed by atoms with van der Waals surface area (Å²) in [6.07, 6.45) is 0. The molecule has 2 aromatic carbocycles. The first kappa shape index (κ1) is 19.2. The number of rotatable bonds is 9. The molecular weight excluding hydrogens is 340 g/mol. The fourth-order valence-corrected chi connectivity index (χ4v) is 1.96. The van der Waals surface area contributed by atoms with Crippen LogP contribution in [0.25, 0.3) is 0 Å². The van der Waals surface area contributed by atoms with E-state index in [1.165, 1.54) is 24.3 Å². The molecule has 8 nitrogen and oxygen atoms in total. The maximum atomic E-state index is 11.6. The Labute approximate surface area is 150 Å². The second-order valence-electron chi connectivity index (χ2n) is 5.24. The van der Waals surface area contributed by atoms with E-state index in [-0.39, 0.29) is 36.1 Å². The molecule has 2 rings (SSSR count). The zero-order chi connectivity index (χ0) is 18.8. The van der Waals surface area contributed by atoms with E-state index in [9.17, 15) is 19.8 Å². The van der Waals surface area contributed by atoms with Crippen molar-refractivity contribution in [1.29, 1.82) is 0 Å². The van der Waals surface area contributed by atoms with Crippen molar-refractivity contribution in [2.24, 2.45) is 0 Å². The third-order valence-electron chi connectivity index (χ3n) is 3.20. The van der Waals surface area contributed by atoms with Crippen LogP contribution in [0, 0.1) is 0 Å². The monoisotopic (exact) mass is 360 g/mol. The van der Waals surface area contributed by atoms with Crippen molar-refractivity contribution in [3.05, 3.63) is 48.5 Å². The van der Waals surface area contributed by atoms with Crippen LogP contribution in [0.2, 0.25) is 0 Å². The highest BCUT2D eigenvalue weighted by molar-refractivity contribution is 5.75. The number of ether oxygens (including phenoxy) is 2. The summed E-state index contributed by atoms with van der Waals surface area (Å²) in [5, 5.41) is 24.7. The number of hydrogen-bond donors (Lipinski definition) is 4. The molecule has 0 aliphatic carbocycles. The number of aromatic hydroxyl groups is 2. The highest BCUT2D eigenvalue weighted by Crippen LogP contribution is 2.24. The van der Waals surface area contributed by atoms with Crippen LogP contribution in [0.3, 0.4) is 0 Å². The molecule has 2 aromatic rings. The molecule has 0 spiro atoms. The molecule has 0 fully saturated rings. The molecule has 0 atom stereocenters. The Morgan fingerprint density at radius 3 is 1.50 bits per heavy atom. The number of esters is 2. The third kappa shape index (κ3) is 6.42. The number of hydrogen-bond acceptors (Lipinski definition) is 8. The minimum absolute atomic E-state index is 0.0433. The van der Waals surface area contributed by atoms with Gasteiger partial charge in [0.1, 0.15) is 0 Å². The molecule has 138 valence electrons. The van der Waals surface area contributed by atoms with Crippen molar-refractivity contribution in [2.45, 2.75) is 0 Å². The van der Waals surface area contributed by atoms with Crippen molar-refractivity contribution in [3.63, 3.8) is 0 Å². The summed E-state index contributed by atoms with van der Waals surface area (Å²) in [4.78, 5) is 23.3. The van der Waals surface area contributed by atoms with Gasteiger partial charge in [-0.2, -0.15) is 0 Å². The van der Waals surface area contributed by atoms with Crippen LogP contribution >= 0.6 is 0 Å². The Hall–Kier alpha value is -3.10. The maximum Gasteiger partial charge on any atom is 0.325 e. The van der Waals surface area contributed by atoms with Crippen LogP contribution in [0.4, 0.5) is 0 Å². The topological polar surface area (TPSA) is 117 Å². The minimum atomic E-state index is -0.537. The molecule has 0 saturated carbocycles. The summed E-state index contributed by atoms with van der Waals surface area (Å²) in [5.74, 6) is -1.08. The quantitative estimate of drug-likeness (QED) is 0.295. The average molecular weight is 360 g/mol. The lowest BCUT2D eigenvalue weighted by Gasteiger charge is -2.08. The van der Waals surface area contributed by atoms with Gasteiger partial charge in [-0.25, -0.2) is 0 Å². The van der Waals surface area contributed by atoms with Gasteiger partial charge in [-0.1, -0.05) is 24.3 Å². The molecule has 0 unspecified atom stereocenters. The largest absolute Gasteiger partial charge is 0.504 e. The Morgan fingerprint density at radius 2 is 1.12 bits per heavy atom. The van der Waals surface area contributed by atoms with Gasteiger partial charge < -0.3 is 30.3 Å². The molecule has 0 saturated heterocycles. The van der Waals surface area contributed by atoms with Crippen molar-refractivity contribution < 1.29 is 29.3 Å². The standard InChI is InChI=1S/C18H20N2O6/c21-13-5-1-3-7-15(13)25-17(23)11-19-9-10-20-12-18(24)26-16-8-4-2-6-14(16)22/h1-8,19-22H,9-12H2. The van der Waals surface area contributed by atoms with E-state index in [2.05, 4.69) is 10.6 Å². The number of phenols is 2. The van der Waals surface area contributed by atoms with Crippen LogP contribution in [-0.4, -0.2) is 48.3 Å². The summed E-state index contributed by atoms with van der Waals surface area (Å²) in [7, 11) is 0. The lowest BCUT2D eigenvalue weighted by Crippen LogP contribution is -2.35. The van der Waals surface area contributed by atoms with Gasteiger partial charge in [-0.3, -0.25) is 9.59 Å². The van der Waals surface area contributed by atoms with E-state index >= 15 is 0 Å². The van der Waals surface area contributed by atoms with Crippen LogP contribution in [-0.2, 0) is 9.59 Å². The predicted molar refractivity (Wildman–Crippen MR) is 93.2 cm³/mol. The first-order chi connectivity index (χ1) is 12.6. The molecule has 8 heteroatoms. The van der Waals surface area contributed by atoms with Gasteiger partial charge >= 0.3 is 11.9 Å². The third-order valence-corrected chi connectivity index (χ3v) is 3.20. The molecule has 0 radical (unpaired) electrons. The lowest BCUT2D eigenvalue weighted by molar-refractivity contribution is -0.134. The average Bonchev–Trinajstić information content (AvgIpc) is 2.62. The summed E-state index contributed by atoms with van der Waals surface area (Å²) < 4.78 is 10.00. The zero-order valence-corrected chi connectivity index (χ0v) is 14.0. The van der Waals surface area contributed by atoms with Crippen molar-refractivity contribution in [3.8, 4) is 23.0 Å². The number of benzene rings is 2. The van der Waals surface area contributed by atoms with Crippen molar-refractivity contribution in [2.75, 3.05) is 26.2 Å². The van der Waals surface area contributed by atoms with E-state index in [4.69, 9.17) is 9.47 Å². The highest BCUT2D eigenvalue weighted by atomic mass is 16.5. The van der Waals surface area contributed by atoms with Gasteiger partial charge in [0.05, 0.1) is 13.1 Å². The Bertz CT molecular complexity index is 686. The van der Waals surface area contributed by atoms with Gasteiger partial charge in [0.15, 0.2) is 23.0 Å². The number of phenolic OH excluding ortho intramolecular Hbond substituents is 2. The Morgan fingerprint density at radius 1 is 0.731 bits per heavy atom. The molecule has 0 heterocycles. The SMILES string of the molecule is O=C(CNCCNCC(=O)Oc1ccccc1O)Oc1ccccc1O. The molecule has 0 aliphatic rings. The van der Waals surface area contributed by atoms with E-state index in [0.717, 1.165) is 0 Å². The normalized spacial score (nSPS) is 10.3. The summed E-state index contributed by atoms with van der Waals surface area (Å²) in [5.41, 5.74) is 0. The lowest BCUT2D eigenvalue weighted by atomic mass is 10.3. The molecule has 26 heavy (non-hydrogen) atoms. The van der Waals surface area contributed by atoms with Gasteiger partial charge in [0, 0.05) is 13.1 Å². The van der Waals surface area contributed by atoms with Gasteiger partial charge in [0.2, 0.25) is 0 Å². The fraction of sp³-hybridized carbons (Fsp3) is 0.222. The zero-order valence-electron chi connectivity index (χ0n) is 14.0. The van der Waals surface area contributed by atoms with E-state index in [1.807, 2.05) is 0 Å². The molecular formula is C18H20N2O6. The van der Waals surface area contributed by atoms with Gasteiger partial charge in [-0.05, 0) is 24.3 Å². The van der Waals surface area contributed by atoms with E-state index < -0.39 is 11.9 Å². The van der Waals surface area contributed by atoms with Crippen LogP contribution in [0.1, 0.15) is 0 Å². The Balaban J connectivity index is 1.56. The van der Waals surface area contributed by atoms with Crippen LogP contribution in [0.15, 0.2) is 48.5 Å². The predicted octanol–water partition coefficient (Wildman–Crippen LogP) is 0.788. The smallest absolute Gasteiger partial charge is 0.325 e. The molecule has 0 bridgehead atoms. The molecule has 0 aliphatic heterocycles. The first-order valence-electron chi connectivity index (χ1n) is 7.95. The minimum Gasteiger partial charge on any atom is -0.504 e. The van der Waals surface area contributed by atoms with Crippen molar-refractivity contribution in [1.82, 2.24) is 10.6 Å². The van der Waals surface area contributed by atoms with Crippen molar-refractivity contribution >= 4 is 11.9 Å². The second kappa shape index (κ2) is 10.0. The number of carbonyl (C=O) groups is 2. The highest BCUT2D eigenvalue weighted by Gasteiger charge is 2.09. The molecule has 4 N–H and O–H groups in total. The van der Waals surface area contributed by atoms with E-state index in [0.29, 0.717) is 13.1 Å². The number of carbonyl (C=O) groups excluding carboxylic acids is 2. The van der Waals surface area contributed by atoms with Gasteiger partial charge in [0.25, 0.3) is 0 Å². The second-order valence-corrected chi connectivity index (χ2v) is 5.24. The van der Waals surface area contributed by atoms with Crippen LogP contribution in [0.5, 0.6) is 23.0 Å². The summed E-state index contributed by atoms with van der Waals surface area (Å²) in [6, 6.07) is 12.4. The summed E-state index contributed by atoms with van der Waals surface area (Å²) in [6.45, 7) is 0.746. The fourth-order valence-electron chi connectivity index (χ4n) is 1.96. The molecule has 0 aromatic heterocycles. The van der Waals surface area contributed by atoms with Crippen LogP contribution < -0.4 is 20.1 Å². The van der Waals surface area contributed by atoms with Gasteiger partial charge in [-0.15, -0.1) is 0 Å². The Kier molecular flexibility index (Phi) is 7.41. The summed E-state index contributed by atoms with van der Waals surface area (Å²) >= 11 is 0. The maximum absolute atomic E-state index is 11.6. The number of nitrogens with one attached hydrogen (secondary N) is 2. The molecule has 0 amide bonds. The number of para-hydroxylation sites is 4. The van der Waals surface area contributed by atoms with E-state index in [1.54, 1.807) is 24.3 Å². The first-order valence-corrected chi connectivity index (χ1v) is 7.95.